The fourth-order valence-electron chi connectivity index (χ4n) is 1.88. The first-order valence-electron chi connectivity index (χ1n) is 6.04. The standard InChI is InChI=1S/C14H21NO2S/c1-11(2)9-15(3)14(16)13-7-5-6-12(8-13)10-18(4)17/h5-8,11H,9-10H2,1-4H3. The van der Waals surface area contributed by atoms with Crippen LogP contribution >= 0.6 is 0 Å². The number of hydrogen-bond acceptors (Lipinski definition) is 2. The molecular weight excluding hydrogens is 246 g/mol. The second-order valence-corrected chi connectivity index (χ2v) is 6.43. The summed E-state index contributed by atoms with van der Waals surface area (Å²) in [7, 11) is 0.930. The Morgan fingerprint density at radius 2 is 2.06 bits per heavy atom. The first kappa shape index (κ1) is 14.9. The van der Waals surface area contributed by atoms with Gasteiger partial charge in [0.15, 0.2) is 0 Å². The van der Waals surface area contributed by atoms with E-state index in [0.717, 1.165) is 12.1 Å². The third-order valence-corrected chi connectivity index (χ3v) is 3.27. The number of carbonyl (C=O) groups excluding carboxylic acids is 1. The second kappa shape index (κ2) is 6.69. The molecule has 18 heavy (non-hydrogen) atoms. The Kier molecular flexibility index (Phi) is 5.54. The van der Waals surface area contributed by atoms with Gasteiger partial charge in [0.25, 0.3) is 5.91 Å². The quantitative estimate of drug-likeness (QED) is 0.821. The van der Waals surface area contributed by atoms with Gasteiger partial charge < -0.3 is 4.90 Å². The van der Waals surface area contributed by atoms with E-state index in [2.05, 4.69) is 13.8 Å². The summed E-state index contributed by atoms with van der Waals surface area (Å²) in [6, 6.07) is 7.39. The van der Waals surface area contributed by atoms with Crippen molar-refractivity contribution in [1.29, 1.82) is 0 Å². The Bertz CT molecular complexity index is 443. The van der Waals surface area contributed by atoms with Crippen molar-refractivity contribution in [3.63, 3.8) is 0 Å². The molecule has 1 aromatic rings. The van der Waals surface area contributed by atoms with Gasteiger partial charge in [0.05, 0.1) is 0 Å². The van der Waals surface area contributed by atoms with Gasteiger partial charge in [-0.3, -0.25) is 9.00 Å². The summed E-state index contributed by atoms with van der Waals surface area (Å²) in [5.41, 5.74) is 1.61. The zero-order chi connectivity index (χ0) is 13.7. The normalized spacial score (nSPS) is 12.5. The van der Waals surface area contributed by atoms with Crippen molar-refractivity contribution in [3.05, 3.63) is 35.4 Å². The SMILES string of the molecule is CC(C)CN(C)C(=O)c1cccc(CS(C)=O)c1. The summed E-state index contributed by atoms with van der Waals surface area (Å²) < 4.78 is 11.2. The Morgan fingerprint density at radius 1 is 1.39 bits per heavy atom. The highest BCUT2D eigenvalue weighted by molar-refractivity contribution is 7.83. The minimum atomic E-state index is -0.883. The number of benzene rings is 1. The van der Waals surface area contributed by atoms with E-state index in [0.29, 0.717) is 17.2 Å². The van der Waals surface area contributed by atoms with Crippen LogP contribution in [0, 0.1) is 5.92 Å². The van der Waals surface area contributed by atoms with Crippen molar-refractivity contribution >= 4 is 16.7 Å². The number of carbonyl (C=O) groups is 1. The van der Waals surface area contributed by atoms with Crippen LogP contribution in [0.1, 0.15) is 29.8 Å². The van der Waals surface area contributed by atoms with Crippen LogP contribution in [0.2, 0.25) is 0 Å². The van der Waals surface area contributed by atoms with Crippen LogP contribution in [0.5, 0.6) is 0 Å². The van der Waals surface area contributed by atoms with E-state index in [1.165, 1.54) is 0 Å². The Morgan fingerprint density at radius 3 is 2.61 bits per heavy atom. The average Bonchev–Trinajstić information content (AvgIpc) is 2.26. The molecule has 4 heteroatoms. The lowest BCUT2D eigenvalue weighted by atomic mass is 10.1. The largest absolute Gasteiger partial charge is 0.341 e. The fraction of sp³-hybridized carbons (Fsp3) is 0.500. The molecule has 0 N–H and O–H groups in total. The third-order valence-electron chi connectivity index (χ3n) is 2.53. The van der Waals surface area contributed by atoms with Crippen molar-refractivity contribution < 1.29 is 9.00 Å². The minimum Gasteiger partial charge on any atom is -0.341 e. The molecule has 0 bridgehead atoms. The van der Waals surface area contributed by atoms with Gasteiger partial charge in [-0.05, 0) is 23.6 Å². The summed E-state index contributed by atoms with van der Waals surface area (Å²) in [5, 5.41) is 0. The van der Waals surface area contributed by atoms with Crippen molar-refractivity contribution in [2.24, 2.45) is 5.92 Å². The van der Waals surface area contributed by atoms with E-state index < -0.39 is 10.8 Å². The van der Waals surface area contributed by atoms with E-state index in [4.69, 9.17) is 0 Å². The van der Waals surface area contributed by atoms with E-state index >= 15 is 0 Å². The highest BCUT2D eigenvalue weighted by Gasteiger charge is 2.13. The molecule has 0 saturated carbocycles. The molecule has 1 atom stereocenters. The van der Waals surface area contributed by atoms with Crippen molar-refractivity contribution in [2.75, 3.05) is 19.8 Å². The lowest BCUT2D eigenvalue weighted by molar-refractivity contribution is 0.0779. The first-order chi connectivity index (χ1) is 8.40. The molecule has 1 rings (SSSR count). The zero-order valence-corrected chi connectivity index (χ0v) is 12.3. The van der Waals surface area contributed by atoms with Crippen LogP contribution in [0.4, 0.5) is 0 Å². The number of nitrogens with zero attached hydrogens (tertiary/aromatic N) is 1. The summed E-state index contributed by atoms with van der Waals surface area (Å²) in [6.45, 7) is 4.91. The predicted octanol–water partition coefficient (Wildman–Crippen LogP) is 2.29. The molecule has 0 radical (unpaired) electrons. The zero-order valence-electron chi connectivity index (χ0n) is 11.5. The van der Waals surface area contributed by atoms with Crippen LogP contribution in [-0.4, -0.2) is 34.9 Å². The first-order valence-corrected chi connectivity index (χ1v) is 7.77. The van der Waals surface area contributed by atoms with E-state index in [9.17, 15) is 9.00 Å². The van der Waals surface area contributed by atoms with Crippen LogP contribution < -0.4 is 0 Å². The third kappa shape index (κ3) is 4.61. The molecule has 1 aromatic carbocycles. The maximum Gasteiger partial charge on any atom is 0.253 e. The van der Waals surface area contributed by atoms with Crippen LogP contribution in [0.25, 0.3) is 0 Å². The lowest BCUT2D eigenvalue weighted by Crippen LogP contribution is -2.30. The Labute approximate surface area is 112 Å². The molecule has 0 fully saturated rings. The fourth-order valence-corrected chi connectivity index (χ4v) is 2.53. The Hall–Kier alpha value is -1.16. The molecule has 0 heterocycles. The monoisotopic (exact) mass is 267 g/mol. The summed E-state index contributed by atoms with van der Waals surface area (Å²) in [6.07, 6.45) is 1.67. The number of amides is 1. The van der Waals surface area contributed by atoms with Crippen LogP contribution in [0.15, 0.2) is 24.3 Å². The van der Waals surface area contributed by atoms with Gasteiger partial charge in [0.2, 0.25) is 0 Å². The van der Waals surface area contributed by atoms with Crippen LogP contribution in [-0.2, 0) is 16.6 Å². The van der Waals surface area contributed by atoms with Gasteiger partial charge in [0, 0.05) is 42.0 Å². The highest BCUT2D eigenvalue weighted by atomic mass is 32.2. The average molecular weight is 267 g/mol. The molecule has 1 unspecified atom stereocenters. The topological polar surface area (TPSA) is 37.4 Å². The summed E-state index contributed by atoms with van der Waals surface area (Å²) >= 11 is 0. The number of hydrogen-bond donors (Lipinski definition) is 0. The second-order valence-electron chi connectivity index (χ2n) is 5.00. The molecule has 100 valence electrons. The van der Waals surface area contributed by atoms with E-state index in [1.54, 1.807) is 17.2 Å². The van der Waals surface area contributed by atoms with Gasteiger partial charge >= 0.3 is 0 Å². The molecular formula is C14H21NO2S. The predicted molar refractivity (Wildman–Crippen MR) is 76.0 cm³/mol. The molecule has 3 nitrogen and oxygen atoms in total. The molecule has 0 aliphatic carbocycles. The molecule has 0 aromatic heterocycles. The smallest absolute Gasteiger partial charge is 0.253 e. The van der Waals surface area contributed by atoms with Crippen molar-refractivity contribution in [2.45, 2.75) is 19.6 Å². The Balaban J connectivity index is 2.82. The van der Waals surface area contributed by atoms with E-state index in [1.807, 2.05) is 25.2 Å². The van der Waals surface area contributed by atoms with E-state index in [-0.39, 0.29) is 5.91 Å². The molecule has 0 aliphatic rings. The maximum atomic E-state index is 12.2. The van der Waals surface area contributed by atoms with Gasteiger partial charge in [-0.25, -0.2) is 0 Å². The molecule has 0 saturated heterocycles. The highest BCUT2D eigenvalue weighted by Crippen LogP contribution is 2.10. The van der Waals surface area contributed by atoms with Gasteiger partial charge in [-0.1, -0.05) is 26.0 Å². The van der Waals surface area contributed by atoms with Gasteiger partial charge in [-0.15, -0.1) is 0 Å². The molecule has 0 spiro atoms. The number of rotatable bonds is 5. The lowest BCUT2D eigenvalue weighted by Gasteiger charge is -2.19. The van der Waals surface area contributed by atoms with Gasteiger partial charge in [0.1, 0.15) is 0 Å². The molecule has 0 aliphatic heterocycles. The summed E-state index contributed by atoms with van der Waals surface area (Å²) in [4.78, 5) is 13.9. The minimum absolute atomic E-state index is 0.0208. The molecule has 1 amide bonds. The van der Waals surface area contributed by atoms with Crippen molar-refractivity contribution in [1.82, 2.24) is 4.90 Å². The van der Waals surface area contributed by atoms with Crippen LogP contribution in [0.3, 0.4) is 0 Å². The van der Waals surface area contributed by atoms with Crippen molar-refractivity contribution in [3.8, 4) is 0 Å². The van der Waals surface area contributed by atoms with Gasteiger partial charge in [-0.2, -0.15) is 0 Å². The summed E-state index contributed by atoms with van der Waals surface area (Å²) in [5.74, 6) is 0.965. The maximum absolute atomic E-state index is 12.2.